The van der Waals surface area contributed by atoms with Crippen molar-refractivity contribution >= 4 is 33.6 Å². The SMILES string of the molecule is O.O.[Al].[O]=[Al]. The maximum absolute atomic E-state index is 8.17. The number of hydrogen-bond donors (Lipinski definition) is 0. The van der Waals surface area contributed by atoms with Crippen LogP contribution < -0.4 is 0 Å². The molecule has 0 unspecified atom stereocenters. The van der Waals surface area contributed by atoms with Crippen LogP contribution in [0.25, 0.3) is 0 Å². The standard InChI is InChI=1S/2Al.2H2O.O/h;;2*1H2;. The van der Waals surface area contributed by atoms with Crippen molar-refractivity contribution in [2.45, 2.75) is 0 Å². The van der Waals surface area contributed by atoms with Crippen molar-refractivity contribution < 1.29 is 14.8 Å². The van der Waals surface area contributed by atoms with Crippen LogP contribution in [0.2, 0.25) is 0 Å². The molecule has 5 heteroatoms. The summed E-state index contributed by atoms with van der Waals surface area (Å²) < 4.78 is 8.17. The van der Waals surface area contributed by atoms with E-state index in [-0.39, 0.29) is 28.3 Å². The molecule has 0 saturated carbocycles. The second-order valence-corrected chi connectivity index (χ2v) is 0. The molecule has 0 atom stereocenters. The third-order valence-electron chi connectivity index (χ3n) is 0. The molecule has 0 aliphatic rings. The molecule has 0 aromatic rings. The van der Waals surface area contributed by atoms with Gasteiger partial charge in [-0.25, -0.2) is 0 Å². The van der Waals surface area contributed by atoms with Gasteiger partial charge in [-0.15, -0.1) is 0 Å². The predicted octanol–water partition coefficient (Wildman–Crippen LogP) is -2.53. The summed E-state index contributed by atoms with van der Waals surface area (Å²) in [5, 5.41) is 0. The first-order valence-electron chi connectivity index (χ1n) is 0.236. The molecule has 5 heavy (non-hydrogen) atoms. The topological polar surface area (TPSA) is 80.1 Å². The predicted molar refractivity (Wildman–Crippen MR) is 19.4 cm³/mol. The van der Waals surface area contributed by atoms with E-state index < -0.39 is 0 Å². The van der Waals surface area contributed by atoms with Crippen molar-refractivity contribution in [3.8, 4) is 0 Å². The molecule has 4 radical (unpaired) electrons. The molecule has 4 N–H and O–H groups in total. The molecule has 0 spiro atoms. The van der Waals surface area contributed by atoms with Gasteiger partial charge in [0.05, 0.1) is 0 Å². The van der Waals surface area contributed by atoms with Gasteiger partial charge >= 0.3 is 20.0 Å². The molecular weight excluding hydrogens is 102 g/mol. The van der Waals surface area contributed by atoms with Gasteiger partial charge in [0.15, 0.2) is 0 Å². The summed E-state index contributed by atoms with van der Waals surface area (Å²) in [5.74, 6) is 0. The van der Waals surface area contributed by atoms with Gasteiger partial charge in [0.2, 0.25) is 0 Å². The Kier molecular flexibility index (Phi) is 925. The number of rotatable bonds is 0. The van der Waals surface area contributed by atoms with Crippen molar-refractivity contribution in [1.29, 1.82) is 0 Å². The molecular formula is H4Al2O3. The molecule has 0 saturated heterocycles. The van der Waals surface area contributed by atoms with Gasteiger partial charge in [-0.2, -0.15) is 0 Å². The Morgan fingerprint density at radius 1 is 1.00 bits per heavy atom. The first-order chi connectivity index (χ1) is 1.00. The van der Waals surface area contributed by atoms with E-state index in [4.69, 9.17) is 3.80 Å². The van der Waals surface area contributed by atoms with Crippen LogP contribution in [0, 0.1) is 0 Å². The summed E-state index contributed by atoms with van der Waals surface area (Å²) in [6.45, 7) is 0. The average Bonchev–Trinajstić information content (AvgIpc) is 1.00. The molecule has 3 nitrogen and oxygen atoms in total. The van der Waals surface area contributed by atoms with E-state index in [1.54, 1.807) is 0 Å². The molecule has 28 valence electrons. The monoisotopic (exact) mass is 106 g/mol. The Morgan fingerprint density at radius 2 is 1.00 bits per heavy atom. The van der Waals surface area contributed by atoms with E-state index >= 15 is 0 Å². The Morgan fingerprint density at radius 3 is 1.00 bits per heavy atom. The van der Waals surface area contributed by atoms with Gasteiger partial charge in [-0.3, -0.25) is 0 Å². The first kappa shape index (κ1) is 41.6. The van der Waals surface area contributed by atoms with E-state index in [1.165, 1.54) is 16.2 Å². The zero-order valence-electron chi connectivity index (χ0n) is 2.56. The van der Waals surface area contributed by atoms with Crippen LogP contribution in [0.15, 0.2) is 0 Å². The van der Waals surface area contributed by atoms with Gasteiger partial charge in [-0.05, 0) is 0 Å². The van der Waals surface area contributed by atoms with Crippen LogP contribution in [0.3, 0.4) is 0 Å². The fourth-order valence-corrected chi connectivity index (χ4v) is 0. The molecule has 0 amide bonds. The van der Waals surface area contributed by atoms with Crippen molar-refractivity contribution in [2.24, 2.45) is 0 Å². The Hall–Kier alpha value is 0.785. The Labute approximate surface area is 48.7 Å². The van der Waals surface area contributed by atoms with Gasteiger partial charge in [0.1, 0.15) is 0 Å². The van der Waals surface area contributed by atoms with Crippen LogP contribution in [0.5, 0.6) is 0 Å². The molecule has 0 aromatic carbocycles. The first-order valence-corrected chi connectivity index (χ1v) is 0.707. The molecule has 0 aliphatic carbocycles. The van der Waals surface area contributed by atoms with E-state index in [0.717, 1.165) is 0 Å². The Balaban J connectivity index is -0.00000000167. The zero-order chi connectivity index (χ0) is 2.00. The van der Waals surface area contributed by atoms with Crippen LogP contribution in [0.1, 0.15) is 0 Å². The molecule has 0 heterocycles. The second kappa shape index (κ2) is 111. The molecule has 0 bridgehead atoms. The second-order valence-electron chi connectivity index (χ2n) is 0. The summed E-state index contributed by atoms with van der Waals surface area (Å²) in [4.78, 5) is 0. The van der Waals surface area contributed by atoms with Crippen LogP contribution in [-0.2, 0) is 3.80 Å². The summed E-state index contributed by atoms with van der Waals surface area (Å²) in [5.41, 5.74) is 0. The van der Waals surface area contributed by atoms with Crippen LogP contribution in [-0.4, -0.2) is 44.5 Å². The van der Waals surface area contributed by atoms with E-state index in [0.29, 0.717) is 0 Å². The van der Waals surface area contributed by atoms with Crippen molar-refractivity contribution in [3.05, 3.63) is 0 Å². The molecule has 0 rings (SSSR count). The normalized spacial score (nSPS) is 0.600. The zero-order valence-corrected chi connectivity index (χ0v) is 4.87. The van der Waals surface area contributed by atoms with Gasteiger partial charge in [-0.1, -0.05) is 0 Å². The van der Waals surface area contributed by atoms with E-state index in [9.17, 15) is 0 Å². The molecule has 0 aliphatic heterocycles. The van der Waals surface area contributed by atoms with Crippen LogP contribution >= 0.6 is 0 Å². The summed E-state index contributed by atoms with van der Waals surface area (Å²) in [6.07, 6.45) is 0. The van der Waals surface area contributed by atoms with Crippen molar-refractivity contribution in [2.75, 3.05) is 0 Å². The third kappa shape index (κ3) is 60.2. The Bertz CT molecular complexity index is 4.85. The molecule has 0 aromatic heterocycles. The van der Waals surface area contributed by atoms with Crippen molar-refractivity contribution in [1.82, 2.24) is 0 Å². The summed E-state index contributed by atoms with van der Waals surface area (Å²) >= 11 is 1.17. The fourth-order valence-electron chi connectivity index (χ4n) is 0. The quantitative estimate of drug-likeness (QED) is 0.313. The van der Waals surface area contributed by atoms with E-state index in [1.807, 2.05) is 0 Å². The van der Waals surface area contributed by atoms with E-state index in [2.05, 4.69) is 0 Å². The van der Waals surface area contributed by atoms with Gasteiger partial charge in [0.25, 0.3) is 0 Å². The molecule has 0 fully saturated rings. The fraction of sp³-hybridized carbons (Fsp3) is 0. The minimum absolute atomic E-state index is 0. The summed E-state index contributed by atoms with van der Waals surface area (Å²) in [6, 6.07) is 0. The third-order valence-corrected chi connectivity index (χ3v) is 0. The minimum atomic E-state index is 0. The summed E-state index contributed by atoms with van der Waals surface area (Å²) in [7, 11) is 0. The maximum atomic E-state index is 8.17. The van der Waals surface area contributed by atoms with Crippen LogP contribution in [0.4, 0.5) is 0 Å². The van der Waals surface area contributed by atoms with Crippen molar-refractivity contribution in [3.63, 3.8) is 0 Å². The van der Waals surface area contributed by atoms with Gasteiger partial charge in [0, 0.05) is 17.4 Å². The average molecular weight is 106 g/mol. The van der Waals surface area contributed by atoms with Gasteiger partial charge < -0.3 is 11.0 Å². The number of hydrogen-bond acceptors (Lipinski definition) is 1.